The number of rotatable bonds is 4. The largest absolute Gasteiger partial charge is 0.343 e. The van der Waals surface area contributed by atoms with Crippen LogP contribution in [0.5, 0.6) is 0 Å². The maximum atomic E-state index is 12.6. The number of carbonyl (C=O) groups excluding carboxylic acids is 3. The maximum absolute atomic E-state index is 12.6. The average molecular weight is 323 g/mol. The zero-order chi connectivity index (χ0) is 16.8. The van der Waals surface area contributed by atoms with Crippen molar-refractivity contribution in [3.63, 3.8) is 0 Å². The van der Waals surface area contributed by atoms with E-state index in [1.165, 1.54) is 0 Å². The highest BCUT2D eigenvalue weighted by molar-refractivity contribution is 5.81. The Bertz CT molecular complexity index is 436. The van der Waals surface area contributed by atoms with Crippen molar-refractivity contribution in [1.29, 1.82) is 0 Å². The molecule has 2 heterocycles. The van der Waals surface area contributed by atoms with Gasteiger partial charge in [-0.1, -0.05) is 13.3 Å². The lowest BCUT2D eigenvalue weighted by Crippen LogP contribution is -2.52. The Hall–Kier alpha value is -1.59. The van der Waals surface area contributed by atoms with Gasteiger partial charge in [-0.15, -0.1) is 0 Å². The summed E-state index contributed by atoms with van der Waals surface area (Å²) >= 11 is 0. The van der Waals surface area contributed by atoms with E-state index < -0.39 is 0 Å². The number of carbonyl (C=O) groups is 3. The van der Waals surface area contributed by atoms with Gasteiger partial charge in [-0.25, -0.2) is 0 Å². The first kappa shape index (κ1) is 17.8. The van der Waals surface area contributed by atoms with Gasteiger partial charge in [0.1, 0.15) is 0 Å². The number of unbranched alkanes of at least 4 members (excludes halogenated alkanes) is 1. The Morgan fingerprint density at radius 2 is 1.43 bits per heavy atom. The highest BCUT2D eigenvalue weighted by Gasteiger charge is 2.31. The molecular weight excluding hydrogens is 294 g/mol. The molecule has 0 bridgehead atoms. The lowest BCUT2D eigenvalue weighted by Gasteiger charge is -2.38. The molecule has 0 atom stereocenters. The van der Waals surface area contributed by atoms with Crippen molar-refractivity contribution in [3.05, 3.63) is 0 Å². The second-order valence-corrected chi connectivity index (χ2v) is 6.59. The molecule has 0 unspecified atom stereocenters. The summed E-state index contributed by atoms with van der Waals surface area (Å²) in [5, 5.41) is 0. The Labute approximate surface area is 138 Å². The van der Waals surface area contributed by atoms with Gasteiger partial charge in [-0.05, 0) is 19.3 Å². The fraction of sp³-hybridized carbons (Fsp3) is 0.824. The predicted octanol–water partition coefficient (Wildman–Crippen LogP) is 1.11. The average Bonchev–Trinajstić information content (AvgIpc) is 2.59. The summed E-state index contributed by atoms with van der Waals surface area (Å²) in [4.78, 5) is 41.6. The van der Waals surface area contributed by atoms with Crippen LogP contribution in [0.4, 0.5) is 0 Å². The van der Waals surface area contributed by atoms with Gasteiger partial charge in [0, 0.05) is 58.5 Å². The number of nitrogens with zero attached hydrogens (tertiary/aromatic N) is 3. The van der Waals surface area contributed by atoms with Crippen molar-refractivity contribution in [1.82, 2.24) is 14.7 Å². The van der Waals surface area contributed by atoms with Crippen LogP contribution in [-0.4, -0.2) is 71.7 Å². The van der Waals surface area contributed by atoms with Crippen molar-refractivity contribution < 1.29 is 14.4 Å². The minimum atomic E-state index is 0.0362. The maximum Gasteiger partial charge on any atom is 0.225 e. The fourth-order valence-electron chi connectivity index (χ4n) is 3.36. The summed E-state index contributed by atoms with van der Waals surface area (Å²) < 4.78 is 0. The Morgan fingerprint density at radius 1 is 0.870 bits per heavy atom. The Balaban J connectivity index is 1.76. The molecular formula is C17H29N3O3. The van der Waals surface area contributed by atoms with Gasteiger partial charge in [0.05, 0.1) is 0 Å². The molecule has 0 aromatic carbocycles. The molecule has 0 radical (unpaired) electrons. The monoisotopic (exact) mass is 323 g/mol. The van der Waals surface area contributed by atoms with Crippen molar-refractivity contribution in [2.75, 3.05) is 39.3 Å². The van der Waals surface area contributed by atoms with Gasteiger partial charge < -0.3 is 14.7 Å². The van der Waals surface area contributed by atoms with Gasteiger partial charge in [0.25, 0.3) is 0 Å². The first-order chi connectivity index (χ1) is 11.0. The van der Waals surface area contributed by atoms with E-state index in [2.05, 4.69) is 6.92 Å². The van der Waals surface area contributed by atoms with Crippen LogP contribution >= 0.6 is 0 Å². The van der Waals surface area contributed by atoms with Crippen molar-refractivity contribution >= 4 is 17.7 Å². The Kier molecular flexibility index (Phi) is 6.42. The second kappa shape index (κ2) is 8.31. The molecule has 0 aromatic heterocycles. The third-order valence-corrected chi connectivity index (χ3v) is 4.98. The first-order valence-electron chi connectivity index (χ1n) is 8.85. The molecule has 130 valence electrons. The number of hydrogen-bond acceptors (Lipinski definition) is 3. The van der Waals surface area contributed by atoms with Gasteiger partial charge >= 0.3 is 0 Å². The molecule has 0 aromatic rings. The van der Waals surface area contributed by atoms with Gasteiger partial charge in [0.2, 0.25) is 17.7 Å². The molecule has 2 saturated heterocycles. The SMILES string of the molecule is CCCCC(=O)N1CCC(C(=O)N2CCN(C(C)=O)CC2)CC1. The van der Waals surface area contributed by atoms with E-state index >= 15 is 0 Å². The summed E-state index contributed by atoms with van der Waals surface area (Å²) in [6.45, 7) is 7.60. The van der Waals surface area contributed by atoms with Crippen LogP contribution in [0.25, 0.3) is 0 Å². The van der Waals surface area contributed by atoms with E-state index in [9.17, 15) is 14.4 Å². The normalized spacial score (nSPS) is 19.8. The molecule has 2 rings (SSSR count). The van der Waals surface area contributed by atoms with E-state index in [1.54, 1.807) is 11.8 Å². The molecule has 3 amide bonds. The third kappa shape index (κ3) is 4.69. The van der Waals surface area contributed by atoms with Crippen molar-refractivity contribution in [2.24, 2.45) is 5.92 Å². The van der Waals surface area contributed by atoms with E-state index in [0.29, 0.717) is 45.7 Å². The zero-order valence-corrected chi connectivity index (χ0v) is 14.4. The van der Waals surface area contributed by atoms with E-state index in [4.69, 9.17) is 0 Å². The molecule has 2 aliphatic heterocycles. The lowest BCUT2D eigenvalue weighted by atomic mass is 9.94. The Morgan fingerprint density at radius 3 is 1.96 bits per heavy atom. The topological polar surface area (TPSA) is 60.9 Å². The summed E-state index contributed by atoms with van der Waals surface area (Å²) in [7, 11) is 0. The number of piperidine rings is 1. The molecule has 0 saturated carbocycles. The first-order valence-corrected chi connectivity index (χ1v) is 8.85. The summed E-state index contributed by atoms with van der Waals surface area (Å²) in [6, 6.07) is 0. The molecule has 0 spiro atoms. The van der Waals surface area contributed by atoms with Crippen LogP contribution in [0.2, 0.25) is 0 Å². The summed E-state index contributed by atoms with van der Waals surface area (Å²) in [5.74, 6) is 0.548. The summed E-state index contributed by atoms with van der Waals surface area (Å²) in [5.41, 5.74) is 0. The minimum Gasteiger partial charge on any atom is -0.343 e. The van der Waals surface area contributed by atoms with Gasteiger partial charge in [0.15, 0.2) is 0 Å². The van der Waals surface area contributed by atoms with E-state index in [0.717, 1.165) is 25.7 Å². The quantitative estimate of drug-likeness (QED) is 0.778. The number of amides is 3. The highest BCUT2D eigenvalue weighted by Crippen LogP contribution is 2.21. The fourth-order valence-corrected chi connectivity index (χ4v) is 3.36. The van der Waals surface area contributed by atoms with Crippen LogP contribution in [0.3, 0.4) is 0 Å². The lowest BCUT2D eigenvalue weighted by molar-refractivity contribution is -0.144. The highest BCUT2D eigenvalue weighted by atomic mass is 16.2. The van der Waals surface area contributed by atoms with E-state index in [-0.39, 0.29) is 23.6 Å². The molecule has 0 N–H and O–H groups in total. The smallest absolute Gasteiger partial charge is 0.225 e. The predicted molar refractivity (Wildman–Crippen MR) is 87.7 cm³/mol. The third-order valence-electron chi connectivity index (χ3n) is 4.98. The minimum absolute atomic E-state index is 0.0362. The van der Waals surface area contributed by atoms with Crippen molar-refractivity contribution in [3.8, 4) is 0 Å². The number of likely N-dealkylation sites (tertiary alicyclic amines) is 1. The molecule has 2 aliphatic rings. The van der Waals surface area contributed by atoms with Gasteiger partial charge in [-0.2, -0.15) is 0 Å². The molecule has 0 aliphatic carbocycles. The van der Waals surface area contributed by atoms with Crippen LogP contribution < -0.4 is 0 Å². The van der Waals surface area contributed by atoms with Crippen molar-refractivity contribution in [2.45, 2.75) is 46.0 Å². The number of piperazine rings is 1. The molecule has 6 nitrogen and oxygen atoms in total. The summed E-state index contributed by atoms with van der Waals surface area (Å²) in [6.07, 6.45) is 4.14. The molecule has 2 fully saturated rings. The standard InChI is InChI=1S/C17H29N3O3/c1-3-4-5-16(22)19-8-6-15(7-9-19)17(23)20-12-10-18(11-13-20)14(2)21/h15H,3-13H2,1-2H3. The van der Waals surface area contributed by atoms with E-state index in [1.807, 2.05) is 9.80 Å². The van der Waals surface area contributed by atoms with Crippen LogP contribution in [0, 0.1) is 5.92 Å². The zero-order valence-electron chi connectivity index (χ0n) is 14.4. The van der Waals surface area contributed by atoms with Crippen LogP contribution in [-0.2, 0) is 14.4 Å². The second-order valence-electron chi connectivity index (χ2n) is 6.59. The molecule has 6 heteroatoms. The van der Waals surface area contributed by atoms with Crippen LogP contribution in [0.1, 0.15) is 46.0 Å². The number of hydrogen-bond donors (Lipinski definition) is 0. The van der Waals surface area contributed by atoms with Crippen LogP contribution in [0.15, 0.2) is 0 Å². The molecule has 23 heavy (non-hydrogen) atoms. The van der Waals surface area contributed by atoms with Gasteiger partial charge in [-0.3, -0.25) is 14.4 Å².